The van der Waals surface area contributed by atoms with Crippen LogP contribution in [-0.4, -0.2) is 22.1 Å². The first-order valence-electron chi connectivity index (χ1n) is 7.26. The van der Waals surface area contributed by atoms with E-state index in [0.717, 1.165) is 11.3 Å². The van der Waals surface area contributed by atoms with Gasteiger partial charge in [-0.1, -0.05) is 17.7 Å². The van der Waals surface area contributed by atoms with Crippen LogP contribution in [-0.2, 0) is 6.54 Å². The van der Waals surface area contributed by atoms with E-state index in [0.29, 0.717) is 18.3 Å². The van der Waals surface area contributed by atoms with E-state index in [1.165, 1.54) is 5.56 Å². The van der Waals surface area contributed by atoms with Crippen LogP contribution in [0.2, 0.25) is 0 Å². The second-order valence-corrected chi connectivity index (χ2v) is 5.47. The van der Waals surface area contributed by atoms with Crippen LogP contribution in [0.4, 0.5) is 0 Å². The molecule has 0 aliphatic heterocycles. The molecule has 1 aromatic carbocycles. The Labute approximate surface area is 129 Å². The van der Waals surface area contributed by atoms with Crippen LogP contribution >= 0.6 is 0 Å². The van der Waals surface area contributed by atoms with Gasteiger partial charge in [-0.15, -0.1) is 10.2 Å². The van der Waals surface area contributed by atoms with E-state index in [1.807, 2.05) is 50.4 Å². The van der Waals surface area contributed by atoms with Gasteiger partial charge in [0, 0.05) is 5.56 Å². The van der Waals surface area contributed by atoms with Crippen molar-refractivity contribution in [2.24, 2.45) is 0 Å². The molecule has 0 aliphatic carbocycles. The minimum Gasteiger partial charge on any atom is -0.468 e. The van der Waals surface area contributed by atoms with Gasteiger partial charge in [-0.25, -0.2) is 0 Å². The van der Waals surface area contributed by atoms with E-state index in [9.17, 15) is 0 Å². The minimum atomic E-state index is 0.143. The molecular formula is C17H19N3O2. The molecule has 0 saturated heterocycles. The van der Waals surface area contributed by atoms with Gasteiger partial charge in [0.2, 0.25) is 11.8 Å². The first-order valence-corrected chi connectivity index (χ1v) is 7.26. The van der Waals surface area contributed by atoms with E-state index >= 15 is 0 Å². The number of rotatable bonds is 5. The lowest BCUT2D eigenvalue weighted by Crippen LogP contribution is -2.21. The summed E-state index contributed by atoms with van der Waals surface area (Å²) in [7, 11) is 2.00. The molecular weight excluding hydrogens is 278 g/mol. The molecule has 22 heavy (non-hydrogen) atoms. The van der Waals surface area contributed by atoms with E-state index in [2.05, 4.69) is 22.0 Å². The second kappa shape index (κ2) is 6.15. The van der Waals surface area contributed by atoms with Gasteiger partial charge in [0.25, 0.3) is 0 Å². The fourth-order valence-electron chi connectivity index (χ4n) is 2.23. The Balaban J connectivity index is 1.70. The van der Waals surface area contributed by atoms with Crippen LogP contribution in [0.25, 0.3) is 11.5 Å². The zero-order chi connectivity index (χ0) is 15.5. The minimum absolute atomic E-state index is 0.143. The summed E-state index contributed by atoms with van der Waals surface area (Å²) in [6, 6.07) is 12.0. The average molecular weight is 297 g/mol. The van der Waals surface area contributed by atoms with Gasteiger partial charge >= 0.3 is 0 Å². The zero-order valence-electron chi connectivity index (χ0n) is 13.0. The lowest BCUT2D eigenvalue weighted by atomic mass is 10.1. The van der Waals surface area contributed by atoms with E-state index in [1.54, 1.807) is 6.26 Å². The number of nitrogens with zero attached hydrogens (tertiary/aromatic N) is 3. The maximum Gasteiger partial charge on any atom is 0.247 e. The fraction of sp³-hybridized carbons (Fsp3) is 0.294. The molecule has 0 aliphatic rings. The van der Waals surface area contributed by atoms with E-state index < -0.39 is 0 Å². The number of benzene rings is 1. The molecule has 0 saturated carbocycles. The fourth-order valence-corrected chi connectivity index (χ4v) is 2.23. The standard InChI is InChI=1S/C17H19N3O2/c1-12-6-8-14(9-7-12)17-19-18-16(22-17)11-20(3)13(2)15-5-4-10-21-15/h4-10,13H,11H2,1-3H3. The average Bonchev–Trinajstić information content (AvgIpc) is 3.18. The lowest BCUT2D eigenvalue weighted by molar-refractivity contribution is 0.204. The molecule has 0 spiro atoms. The van der Waals surface area contributed by atoms with Crippen molar-refractivity contribution in [3.8, 4) is 11.5 Å². The van der Waals surface area contributed by atoms with Crippen molar-refractivity contribution in [3.05, 3.63) is 59.9 Å². The number of aromatic nitrogens is 2. The van der Waals surface area contributed by atoms with Gasteiger partial charge in [0.05, 0.1) is 18.8 Å². The summed E-state index contributed by atoms with van der Waals surface area (Å²) in [5.74, 6) is 2.06. The molecule has 0 amide bonds. The van der Waals surface area contributed by atoms with Gasteiger partial charge in [-0.3, -0.25) is 4.90 Å². The maximum absolute atomic E-state index is 5.75. The first kappa shape index (κ1) is 14.5. The molecule has 5 heteroatoms. The Hall–Kier alpha value is -2.40. The van der Waals surface area contributed by atoms with Crippen LogP contribution in [0.1, 0.15) is 30.2 Å². The largest absolute Gasteiger partial charge is 0.468 e. The molecule has 1 unspecified atom stereocenters. The summed E-state index contributed by atoms with van der Waals surface area (Å²) in [5, 5.41) is 8.25. The van der Waals surface area contributed by atoms with Crippen LogP contribution in [0, 0.1) is 6.92 Å². The molecule has 114 valence electrons. The second-order valence-electron chi connectivity index (χ2n) is 5.47. The summed E-state index contributed by atoms with van der Waals surface area (Å²) < 4.78 is 11.2. The summed E-state index contributed by atoms with van der Waals surface area (Å²) >= 11 is 0. The Bertz CT molecular complexity index is 717. The third kappa shape index (κ3) is 3.09. The smallest absolute Gasteiger partial charge is 0.247 e. The molecule has 0 N–H and O–H groups in total. The van der Waals surface area contributed by atoms with Crippen LogP contribution in [0.5, 0.6) is 0 Å². The highest BCUT2D eigenvalue weighted by atomic mass is 16.4. The molecule has 5 nitrogen and oxygen atoms in total. The molecule has 0 fully saturated rings. The molecule has 0 bridgehead atoms. The molecule has 3 rings (SSSR count). The van der Waals surface area contributed by atoms with Crippen molar-refractivity contribution in [1.82, 2.24) is 15.1 Å². The summed E-state index contributed by atoms with van der Waals surface area (Å²) in [6.45, 7) is 4.70. The molecule has 2 heterocycles. The predicted molar refractivity (Wildman–Crippen MR) is 83.1 cm³/mol. The topological polar surface area (TPSA) is 55.3 Å². The van der Waals surface area contributed by atoms with Gasteiger partial charge in [-0.05, 0) is 45.2 Å². The summed E-state index contributed by atoms with van der Waals surface area (Å²) in [6.07, 6.45) is 1.68. The normalized spacial score (nSPS) is 12.7. The van der Waals surface area contributed by atoms with Crippen molar-refractivity contribution < 1.29 is 8.83 Å². The number of aryl methyl sites for hydroxylation is 1. The SMILES string of the molecule is Cc1ccc(-c2nnc(CN(C)C(C)c3ccco3)o2)cc1. The van der Waals surface area contributed by atoms with Gasteiger partial charge in [-0.2, -0.15) is 0 Å². The monoisotopic (exact) mass is 297 g/mol. The Morgan fingerprint density at radius 3 is 2.59 bits per heavy atom. The van der Waals surface area contributed by atoms with E-state index in [-0.39, 0.29) is 6.04 Å². The lowest BCUT2D eigenvalue weighted by Gasteiger charge is -2.20. The van der Waals surface area contributed by atoms with Crippen molar-refractivity contribution in [2.75, 3.05) is 7.05 Å². The third-order valence-electron chi connectivity index (χ3n) is 3.77. The van der Waals surface area contributed by atoms with Crippen molar-refractivity contribution in [2.45, 2.75) is 26.4 Å². The summed E-state index contributed by atoms with van der Waals surface area (Å²) in [4.78, 5) is 2.10. The van der Waals surface area contributed by atoms with Crippen LogP contribution in [0.3, 0.4) is 0 Å². The van der Waals surface area contributed by atoms with Gasteiger partial charge in [0.1, 0.15) is 5.76 Å². The van der Waals surface area contributed by atoms with Crippen LogP contribution in [0.15, 0.2) is 51.5 Å². The molecule has 2 aromatic heterocycles. The first-order chi connectivity index (χ1) is 10.6. The maximum atomic E-state index is 5.75. The number of hydrogen-bond donors (Lipinski definition) is 0. The number of hydrogen-bond acceptors (Lipinski definition) is 5. The Morgan fingerprint density at radius 2 is 1.91 bits per heavy atom. The highest BCUT2D eigenvalue weighted by Crippen LogP contribution is 2.22. The van der Waals surface area contributed by atoms with E-state index in [4.69, 9.17) is 8.83 Å². The molecule has 0 radical (unpaired) electrons. The van der Waals surface area contributed by atoms with Crippen LogP contribution < -0.4 is 0 Å². The quantitative estimate of drug-likeness (QED) is 0.716. The van der Waals surface area contributed by atoms with Gasteiger partial charge in [0.15, 0.2) is 0 Å². The Kier molecular flexibility index (Phi) is 4.06. The zero-order valence-corrected chi connectivity index (χ0v) is 13.0. The Morgan fingerprint density at radius 1 is 1.14 bits per heavy atom. The van der Waals surface area contributed by atoms with Gasteiger partial charge < -0.3 is 8.83 Å². The highest BCUT2D eigenvalue weighted by molar-refractivity contribution is 5.52. The number of furan rings is 1. The third-order valence-corrected chi connectivity index (χ3v) is 3.77. The molecule has 3 aromatic rings. The summed E-state index contributed by atoms with van der Waals surface area (Å²) in [5.41, 5.74) is 2.14. The van der Waals surface area contributed by atoms with Crippen molar-refractivity contribution >= 4 is 0 Å². The van der Waals surface area contributed by atoms with Crippen molar-refractivity contribution in [1.29, 1.82) is 0 Å². The highest BCUT2D eigenvalue weighted by Gasteiger charge is 2.17. The predicted octanol–water partition coefficient (Wildman–Crippen LogP) is 3.83. The van der Waals surface area contributed by atoms with Crippen molar-refractivity contribution in [3.63, 3.8) is 0 Å². The molecule has 1 atom stereocenters.